The summed E-state index contributed by atoms with van der Waals surface area (Å²) >= 11 is 9.48. The summed E-state index contributed by atoms with van der Waals surface area (Å²) in [4.78, 5) is 28.3. The smallest absolute Gasteiger partial charge is 0.134 e. The molecule has 0 aliphatic heterocycles. The summed E-state index contributed by atoms with van der Waals surface area (Å²) in [5, 5.41) is 20.0. The minimum absolute atomic E-state index is 0. The number of thiocyanates is 2. The summed E-state index contributed by atoms with van der Waals surface area (Å²) in [6.45, 7) is 8.42. The van der Waals surface area contributed by atoms with Crippen molar-refractivity contribution in [3.05, 3.63) is 143 Å². The Morgan fingerprint density at radius 3 is 1.14 bits per heavy atom. The van der Waals surface area contributed by atoms with E-state index in [4.69, 9.17) is 10.5 Å². The van der Waals surface area contributed by atoms with Gasteiger partial charge in [-0.2, -0.15) is 10.5 Å². The van der Waals surface area contributed by atoms with Gasteiger partial charge in [0.25, 0.3) is 0 Å². The first-order valence-corrected chi connectivity index (χ1v) is 22.2. The minimum atomic E-state index is 0. The molecule has 0 unspecified atom stereocenters. The van der Waals surface area contributed by atoms with Crippen molar-refractivity contribution in [2.45, 2.75) is 27.7 Å². The molecular formula is C43H34N6RuS6. The molecule has 56 heavy (non-hydrogen) atoms. The second-order valence-electron chi connectivity index (χ2n) is 12.0. The summed E-state index contributed by atoms with van der Waals surface area (Å²) in [5.74, 6) is 0. The van der Waals surface area contributed by atoms with Crippen LogP contribution in [0.2, 0.25) is 0 Å². The molecule has 13 heteroatoms. The summed E-state index contributed by atoms with van der Waals surface area (Å²) in [6, 6.07) is 34.1. The maximum atomic E-state index is 7.88. The second kappa shape index (κ2) is 21.3. The standard InChI is InChI=1S/C28H20N2S4.C12H12N2.C3H2N2S2.Ru/c1-17-3-5-25(31-17)27-9-7-23(33-27)19-11-13-29-21(15-19)22-16-20(12-14-30-22)24-8-10-28(34-24)26-6-4-18(2)32-26;1-9-3-5-13-11(7-9)12-8-10(2)4-6-14-12;4-1-6-3-7-2-5;/h3-16H,1-2H3;3-8H,1-2H3;3H2;. The first-order valence-electron chi connectivity index (χ1n) is 16.9. The van der Waals surface area contributed by atoms with E-state index >= 15 is 0 Å². The molecule has 0 radical (unpaired) electrons. The van der Waals surface area contributed by atoms with Crippen LogP contribution in [0.15, 0.2) is 122 Å². The average molecular weight is 928 g/mol. The monoisotopic (exact) mass is 928 g/mol. The van der Waals surface area contributed by atoms with E-state index < -0.39 is 0 Å². The molecule has 0 aromatic carbocycles. The molecule has 8 aromatic heterocycles. The third kappa shape index (κ3) is 11.9. The number of aromatic nitrogens is 4. The van der Waals surface area contributed by atoms with E-state index in [1.54, 1.807) is 0 Å². The third-order valence-corrected chi connectivity index (χ3v) is 13.7. The van der Waals surface area contributed by atoms with Gasteiger partial charge in [-0.1, -0.05) is 0 Å². The van der Waals surface area contributed by atoms with Gasteiger partial charge in [0, 0.05) is 83.3 Å². The van der Waals surface area contributed by atoms with Gasteiger partial charge in [-0.15, -0.1) is 45.3 Å². The number of thioether (sulfide) groups is 2. The van der Waals surface area contributed by atoms with Crippen LogP contribution in [0.4, 0.5) is 0 Å². The van der Waals surface area contributed by atoms with Gasteiger partial charge >= 0.3 is 0 Å². The molecular weight excluding hydrogens is 894 g/mol. The van der Waals surface area contributed by atoms with Crippen molar-refractivity contribution >= 4 is 68.9 Å². The zero-order valence-corrected chi connectivity index (χ0v) is 37.4. The fraction of sp³-hybridized carbons (Fsp3) is 0.116. The molecule has 0 saturated heterocycles. The Balaban J connectivity index is 0.000000225. The van der Waals surface area contributed by atoms with Crippen LogP contribution in [0, 0.1) is 49.0 Å². The summed E-state index contributed by atoms with van der Waals surface area (Å²) in [6.07, 6.45) is 7.40. The van der Waals surface area contributed by atoms with E-state index in [0.717, 1.165) is 46.3 Å². The van der Waals surface area contributed by atoms with Crippen molar-refractivity contribution in [1.82, 2.24) is 19.9 Å². The predicted octanol–water partition coefficient (Wildman–Crippen LogP) is 13.8. The fourth-order valence-electron chi connectivity index (χ4n) is 5.27. The van der Waals surface area contributed by atoms with E-state index in [0.29, 0.717) is 5.08 Å². The zero-order chi connectivity index (χ0) is 38.6. The molecule has 0 saturated carbocycles. The largest absolute Gasteiger partial charge is 0.255 e. The van der Waals surface area contributed by atoms with Crippen LogP contribution < -0.4 is 0 Å². The van der Waals surface area contributed by atoms with E-state index in [2.05, 4.69) is 120 Å². The Bertz CT molecular complexity index is 2410. The van der Waals surface area contributed by atoms with Crippen molar-refractivity contribution < 1.29 is 19.5 Å². The Kier molecular flexibility index (Phi) is 16.3. The molecule has 8 aromatic rings. The summed E-state index contributed by atoms with van der Waals surface area (Å²) in [7, 11) is 0. The van der Waals surface area contributed by atoms with Gasteiger partial charge in [-0.3, -0.25) is 19.9 Å². The molecule has 8 rings (SSSR count). The molecule has 280 valence electrons. The third-order valence-electron chi connectivity index (χ3n) is 7.87. The molecule has 8 heterocycles. The van der Waals surface area contributed by atoms with Crippen LogP contribution in [-0.2, 0) is 19.5 Å². The second-order valence-corrected chi connectivity index (χ2v) is 18.7. The number of rotatable bonds is 8. The van der Waals surface area contributed by atoms with E-state index in [1.807, 2.05) is 105 Å². The van der Waals surface area contributed by atoms with Crippen LogP contribution in [0.5, 0.6) is 0 Å². The SMILES string of the molecule is Cc1ccc(-c2ccc(-c3ccnc(-c4cc(-c5ccc(-c6ccc(C)s6)s5)ccn4)c3)s2)s1.Cc1ccnc(-c2cc(C)ccn2)c1.N#CSCSC#N.[Ru]. The van der Waals surface area contributed by atoms with Gasteiger partial charge in [0.05, 0.1) is 27.9 Å². The predicted molar refractivity (Wildman–Crippen MR) is 238 cm³/mol. The van der Waals surface area contributed by atoms with Gasteiger partial charge in [-0.25, -0.2) is 0 Å². The molecule has 0 fully saturated rings. The quantitative estimate of drug-likeness (QED) is 0.0643. The molecule has 0 amide bonds. The van der Waals surface area contributed by atoms with Crippen LogP contribution in [-0.4, -0.2) is 25.0 Å². The maximum absolute atomic E-state index is 7.88. The Hall–Kier alpha value is -4.30. The number of thiophene rings is 4. The molecule has 0 bridgehead atoms. The van der Waals surface area contributed by atoms with Gasteiger partial charge < -0.3 is 0 Å². The summed E-state index contributed by atoms with van der Waals surface area (Å²) in [5.41, 5.74) is 8.43. The van der Waals surface area contributed by atoms with Crippen molar-refractivity contribution in [1.29, 1.82) is 10.5 Å². The number of nitriles is 2. The first kappa shape index (κ1) is 42.8. The van der Waals surface area contributed by atoms with Crippen molar-refractivity contribution in [3.8, 4) is 74.0 Å². The van der Waals surface area contributed by atoms with Crippen LogP contribution >= 0.6 is 68.9 Å². The van der Waals surface area contributed by atoms with Gasteiger partial charge in [0.15, 0.2) is 0 Å². The number of aryl methyl sites for hydroxylation is 4. The molecule has 0 atom stereocenters. The van der Waals surface area contributed by atoms with E-state index in [1.165, 1.54) is 61.3 Å². The van der Waals surface area contributed by atoms with Gasteiger partial charge in [0.2, 0.25) is 0 Å². The Morgan fingerprint density at radius 2 is 0.786 bits per heavy atom. The number of hydrogen-bond acceptors (Lipinski definition) is 12. The molecule has 0 N–H and O–H groups in total. The molecule has 0 aliphatic rings. The number of hydrogen-bond donors (Lipinski definition) is 0. The van der Waals surface area contributed by atoms with Gasteiger partial charge in [-0.05, 0) is 171 Å². The molecule has 0 spiro atoms. The van der Waals surface area contributed by atoms with Crippen LogP contribution in [0.3, 0.4) is 0 Å². The topological polar surface area (TPSA) is 99.1 Å². The average Bonchev–Trinajstić information content (AvgIpc) is 4.04. The van der Waals surface area contributed by atoms with Crippen molar-refractivity contribution in [2.24, 2.45) is 0 Å². The normalized spacial score (nSPS) is 10.2. The van der Waals surface area contributed by atoms with Gasteiger partial charge in [0.1, 0.15) is 10.8 Å². The van der Waals surface area contributed by atoms with E-state index in [-0.39, 0.29) is 19.5 Å². The Morgan fingerprint density at radius 1 is 0.446 bits per heavy atom. The number of pyridine rings is 4. The first-order chi connectivity index (χ1) is 26.8. The zero-order valence-electron chi connectivity index (χ0n) is 30.7. The van der Waals surface area contributed by atoms with E-state index in [9.17, 15) is 0 Å². The molecule has 6 nitrogen and oxygen atoms in total. The number of nitrogens with zero attached hydrogens (tertiary/aromatic N) is 6. The fourth-order valence-corrected chi connectivity index (χ4v) is 9.85. The maximum Gasteiger partial charge on any atom is 0.134 e. The van der Waals surface area contributed by atoms with Crippen LogP contribution in [0.25, 0.3) is 63.2 Å². The summed E-state index contributed by atoms with van der Waals surface area (Å²) < 4.78 is 0. The molecule has 0 aliphatic carbocycles. The minimum Gasteiger partial charge on any atom is -0.255 e. The van der Waals surface area contributed by atoms with Crippen molar-refractivity contribution in [2.75, 3.05) is 5.08 Å². The van der Waals surface area contributed by atoms with Crippen molar-refractivity contribution in [3.63, 3.8) is 0 Å². The van der Waals surface area contributed by atoms with Crippen LogP contribution in [0.1, 0.15) is 20.9 Å². The Labute approximate surface area is 365 Å².